The van der Waals surface area contributed by atoms with Crippen LogP contribution in [0.4, 0.5) is 25.4 Å². The van der Waals surface area contributed by atoms with Crippen LogP contribution in [0.3, 0.4) is 0 Å². The Balaban J connectivity index is 1.63. The average Bonchev–Trinajstić information content (AvgIpc) is 2.98. The molecule has 0 radical (unpaired) electrons. The third kappa shape index (κ3) is 3.76. The molecule has 1 aromatic carbocycles. The highest BCUT2D eigenvalue weighted by molar-refractivity contribution is 5.90. The highest BCUT2D eigenvalue weighted by Gasteiger charge is 2.32. The maximum atomic E-state index is 14.4. The summed E-state index contributed by atoms with van der Waals surface area (Å²) < 4.78 is 19.3. The smallest absolute Gasteiger partial charge is 0.414 e. The van der Waals surface area contributed by atoms with Crippen molar-refractivity contribution in [3.63, 3.8) is 0 Å². The summed E-state index contributed by atoms with van der Waals surface area (Å²) >= 11 is 0. The molecule has 0 aromatic heterocycles. The molecule has 3 N–H and O–H groups in total. The van der Waals surface area contributed by atoms with Crippen LogP contribution in [-0.2, 0) is 4.74 Å². The third-order valence-electron chi connectivity index (χ3n) is 4.47. The van der Waals surface area contributed by atoms with Gasteiger partial charge in [-0.05, 0) is 31.0 Å². The number of ether oxygens (including phenoxy) is 1. The van der Waals surface area contributed by atoms with Gasteiger partial charge in [0.25, 0.3) is 0 Å². The first-order valence-corrected chi connectivity index (χ1v) is 8.11. The molecule has 9 heteroatoms. The van der Waals surface area contributed by atoms with Crippen molar-refractivity contribution in [3.05, 3.63) is 24.0 Å². The lowest BCUT2D eigenvalue weighted by Crippen LogP contribution is -2.41. The fraction of sp³-hybridized carbons (Fsp3) is 0.500. The number of aliphatic hydroxyl groups is 1. The number of nitrogens with zero attached hydrogens (tertiary/aromatic N) is 2. The molecule has 8 nitrogen and oxygen atoms in total. The SMILES string of the molecule is O=C(O)N1CCC(Nc2ccc(N3C[C@H](CO)OC3=O)cc2F)CC1. The molecule has 25 heavy (non-hydrogen) atoms. The Morgan fingerprint density at radius 3 is 2.64 bits per heavy atom. The number of anilines is 2. The normalized spacial score (nSPS) is 21.4. The zero-order valence-corrected chi connectivity index (χ0v) is 13.5. The standard InChI is InChI=1S/C16H20FN3O5/c17-13-7-11(20-8-12(9-21)25-16(20)24)1-2-14(13)18-10-3-5-19(6-4-10)15(22)23/h1-2,7,10,12,18,21H,3-6,8-9H2,(H,22,23)/t12-/m1/s1. The number of hydrogen-bond acceptors (Lipinski definition) is 5. The number of aliphatic hydroxyl groups excluding tert-OH is 1. The van der Waals surface area contributed by atoms with Gasteiger partial charge in [-0.2, -0.15) is 0 Å². The molecule has 0 saturated carbocycles. The van der Waals surface area contributed by atoms with Crippen LogP contribution in [0.5, 0.6) is 0 Å². The second-order valence-corrected chi connectivity index (χ2v) is 6.15. The molecule has 2 amide bonds. The van der Waals surface area contributed by atoms with E-state index in [0.29, 0.717) is 37.3 Å². The van der Waals surface area contributed by atoms with Crippen molar-refractivity contribution in [1.29, 1.82) is 0 Å². The number of hydrogen-bond donors (Lipinski definition) is 3. The van der Waals surface area contributed by atoms with Gasteiger partial charge in [-0.3, -0.25) is 4.90 Å². The Morgan fingerprint density at radius 2 is 2.08 bits per heavy atom. The first-order valence-electron chi connectivity index (χ1n) is 8.11. The summed E-state index contributed by atoms with van der Waals surface area (Å²) in [5.74, 6) is -0.501. The van der Waals surface area contributed by atoms with Crippen LogP contribution in [0, 0.1) is 5.82 Å². The molecule has 2 heterocycles. The average molecular weight is 353 g/mol. The van der Waals surface area contributed by atoms with Crippen molar-refractivity contribution >= 4 is 23.6 Å². The second-order valence-electron chi connectivity index (χ2n) is 6.15. The van der Waals surface area contributed by atoms with Gasteiger partial charge in [-0.25, -0.2) is 14.0 Å². The Morgan fingerprint density at radius 1 is 1.36 bits per heavy atom. The number of carboxylic acid groups (broad SMARTS) is 1. The first-order chi connectivity index (χ1) is 12.0. The summed E-state index contributed by atoms with van der Waals surface area (Å²) in [6.45, 7) is 0.721. The Kier molecular flexibility index (Phi) is 4.93. The van der Waals surface area contributed by atoms with Crippen LogP contribution in [-0.4, -0.2) is 65.7 Å². The van der Waals surface area contributed by atoms with Gasteiger partial charge in [0.1, 0.15) is 11.9 Å². The highest BCUT2D eigenvalue weighted by Crippen LogP contribution is 2.27. The van der Waals surface area contributed by atoms with Gasteiger partial charge in [0.2, 0.25) is 0 Å². The van der Waals surface area contributed by atoms with Crippen LogP contribution < -0.4 is 10.2 Å². The predicted octanol–water partition coefficient (Wildman–Crippen LogP) is 1.70. The zero-order valence-electron chi connectivity index (χ0n) is 13.5. The topological polar surface area (TPSA) is 102 Å². The minimum Gasteiger partial charge on any atom is -0.465 e. The molecule has 2 saturated heterocycles. The number of carbonyl (C=O) groups is 2. The molecule has 0 unspecified atom stereocenters. The monoisotopic (exact) mass is 353 g/mol. The zero-order chi connectivity index (χ0) is 18.0. The van der Waals surface area contributed by atoms with Crippen molar-refractivity contribution in [1.82, 2.24) is 4.90 Å². The molecular weight excluding hydrogens is 333 g/mol. The molecule has 2 aliphatic rings. The van der Waals surface area contributed by atoms with E-state index in [-0.39, 0.29) is 19.2 Å². The lowest BCUT2D eigenvalue weighted by Gasteiger charge is -2.31. The van der Waals surface area contributed by atoms with Crippen LogP contribution >= 0.6 is 0 Å². The maximum absolute atomic E-state index is 14.4. The predicted molar refractivity (Wildman–Crippen MR) is 87.3 cm³/mol. The molecule has 1 aromatic rings. The van der Waals surface area contributed by atoms with Gasteiger partial charge in [-0.15, -0.1) is 0 Å². The summed E-state index contributed by atoms with van der Waals surface area (Å²) in [5.41, 5.74) is 0.675. The van der Waals surface area contributed by atoms with Crippen molar-refractivity contribution < 1.29 is 28.9 Å². The number of halogens is 1. The Bertz CT molecular complexity index is 663. The maximum Gasteiger partial charge on any atom is 0.414 e. The van der Waals surface area contributed by atoms with Crippen molar-refractivity contribution in [2.75, 3.05) is 36.5 Å². The molecule has 0 spiro atoms. The second kappa shape index (κ2) is 7.14. The number of carbonyl (C=O) groups excluding carboxylic acids is 1. The number of benzene rings is 1. The molecule has 2 aliphatic heterocycles. The molecular formula is C16H20FN3O5. The minimum atomic E-state index is -0.937. The lowest BCUT2D eigenvalue weighted by atomic mass is 10.0. The highest BCUT2D eigenvalue weighted by atomic mass is 19.1. The summed E-state index contributed by atoms with van der Waals surface area (Å²) in [7, 11) is 0. The van der Waals surface area contributed by atoms with E-state index in [1.807, 2.05) is 0 Å². The van der Waals surface area contributed by atoms with Crippen LogP contribution in [0.15, 0.2) is 18.2 Å². The summed E-state index contributed by atoms with van der Waals surface area (Å²) in [4.78, 5) is 25.3. The van der Waals surface area contributed by atoms with Crippen LogP contribution in [0.1, 0.15) is 12.8 Å². The molecule has 0 bridgehead atoms. The number of rotatable bonds is 4. The van der Waals surface area contributed by atoms with Crippen LogP contribution in [0.2, 0.25) is 0 Å². The lowest BCUT2D eigenvalue weighted by molar-refractivity contribution is 0.0963. The van der Waals surface area contributed by atoms with E-state index in [2.05, 4.69) is 5.32 Å². The van der Waals surface area contributed by atoms with E-state index in [1.165, 1.54) is 15.9 Å². The van der Waals surface area contributed by atoms with Crippen molar-refractivity contribution in [3.8, 4) is 0 Å². The van der Waals surface area contributed by atoms with E-state index in [1.54, 1.807) is 12.1 Å². The largest absolute Gasteiger partial charge is 0.465 e. The molecule has 3 rings (SSSR count). The summed E-state index contributed by atoms with van der Waals surface area (Å²) in [6, 6.07) is 4.40. The molecule has 2 fully saturated rings. The number of likely N-dealkylation sites (tertiary alicyclic amines) is 1. The van der Waals surface area contributed by atoms with E-state index in [0.717, 1.165) is 0 Å². The number of nitrogens with one attached hydrogen (secondary N) is 1. The van der Waals surface area contributed by atoms with Gasteiger partial charge in [0, 0.05) is 19.1 Å². The van der Waals surface area contributed by atoms with Gasteiger partial charge < -0.3 is 25.2 Å². The van der Waals surface area contributed by atoms with E-state index >= 15 is 0 Å². The van der Waals surface area contributed by atoms with E-state index in [4.69, 9.17) is 14.9 Å². The number of amides is 2. The minimum absolute atomic E-state index is 0.00790. The number of piperidine rings is 1. The van der Waals surface area contributed by atoms with Gasteiger partial charge in [-0.1, -0.05) is 0 Å². The van der Waals surface area contributed by atoms with Gasteiger partial charge in [0.05, 0.1) is 24.5 Å². The fourth-order valence-corrected chi connectivity index (χ4v) is 3.05. The molecule has 0 aliphatic carbocycles. The quantitative estimate of drug-likeness (QED) is 0.761. The Hall–Kier alpha value is -2.55. The summed E-state index contributed by atoms with van der Waals surface area (Å²) in [5, 5.41) is 21.1. The fourth-order valence-electron chi connectivity index (χ4n) is 3.05. The Labute approximate surface area is 143 Å². The molecule has 1 atom stereocenters. The van der Waals surface area contributed by atoms with Crippen LogP contribution in [0.25, 0.3) is 0 Å². The van der Waals surface area contributed by atoms with Crippen molar-refractivity contribution in [2.24, 2.45) is 0 Å². The van der Waals surface area contributed by atoms with E-state index < -0.39 is 24.1 Å². The van der Waals surface area contributed by atoms with E-state index in [9.17, 15) is 14.0 Å². The van der Waals surface area contributed by atoms with Gasteiger partial charge in [0.15, 0.2) is 0 Å². The van der Waals surface area contributed by atoms with Gasteiger partial charge >= 0.3 is 12.2 Å². The summed E-state index contributed by atoms with van der Waals surface area (Å²) in [6.07, 6.45) is -0.950. The third-order valence-corrected chi connectivity index (χ3v) is 4.47. The molecule has 136 valence electrons. The first kappa shape index (κ1) is 17.3. The number of cyclic esters (lactones) is 1. The van der Waals surface area contributed by atoms with Crippen molar-refractivity contribution in [2.45, 2.75) is 25.0 Å².